The summed E-state index contributed by atoms with van der Waals surface area (Å²) in [5, 5.41) is 3.00. The van der Waals surface area contributed by atoms with Crippen molar-refractivity contribution in [2.75, 3.05) is 13.1 Å². The van der Waals surface area contributed by atoms with Crippen molar-refractivity contribution >= 4 is 15.9 Å². The van der Waals surface area contributed by atoms with E-state index in [1.165, 1.54) is 4.31 Å². The smallest absolute Gasteiger partial charge is 0.243 e. The maximum Gasteiger partial charge on any atom is 0.243 e. The number of piperidine rings is 1. The van der Waals surface area contributed by atoms with E-state index < -0.39 is 10.0 Å². The zero-order chi connectivity index (χ0) is 17.0. The largest absolute Gasteiger partial charge is 0.353 e. The first-order valence-corrected chi connectivity index (χ1v) is 9.62. The quantitative estimate of drug-likeness (QED) is 0.895. The van der Waals surface area contributed by atoms with Crippen LogP contribution in [0.3, 0.4) is 0 Å². The third-order valence-electron chi connectivity index (χ3n) is 4.51. The average Bonchev–Trinajstić information content (AvgIpc) is 2.55. The molecular formula is C17H26N2O3S. The minimum atomic E-state index is -3.52. The number of hydrogen-bond acceptors (Lipinski definition) is 3. The molecule has 1 aliphatic heterocycles. The molecule has 5 nitrogen and oxygen atoms in total. The molecular weight excluding hydrogens is 312 g/mol. The first kappa shape index (κ1) is 17.9. The maximum atomic E-state index is 12.7. The van der Waals surface area contributed by atoms with Crippen molar-refractivity contribution in [3.8, 4) is 0 Å². The average molecular weight is 338 g/mol. The molecule has 0 saturated carbocycles. The van der Waals surface area contributed by atoms with E-state index in [1.807, 2.05) is 6.92 Å². The molecule has 2 rings (SSSR count). The molecule has 0 aliphatic carbocycles. The minimum Gasteiger partial charge on any atom is -0.353 e. The van der Waals surface area contributed by atoms with Gasteiger partial charge in [0.1, 0.15) is 0 Å². The van der Waals surface area contributed by atoms with Crippen LogP contribution in [0.25, 0.3) is 0 Å². The lowest BCUT2D eigenvalue weighted by Crippen LogP contribution is -2.47. The Hall–Kier alpha value is -1.40. The number of benzene rings is 1. The van der Waals surface area contributed by atoms with E-state index in [4.69, 9.17) is 0 Å². The molecule has 1 aromatic carbocycles. The van der Waals surface area contributed by atoms with Gasteiger partial charge in [-0.15, -0.1) is 0 Å². The third-order valence-corrected chi connectivity index (χ3v) is 6.39. The van der Waals surface area contributed by atoms with E-state index in [-0.39, 0.29) is 29.3 Å². The Balaban J connectivity index is 2.08. The highest BCUT2D eigenvalue weighted by molar-refractivity contribution is 7.89. The van der Waals surface area contributed by atoms with Gasteiger partial charge in [-0.2, -0.15) is 4.31 Å². The Morgan fingerprint density at radius 3 is 2.48 bits per heavy atom. The Morgan fingerprint density at radius 2 is 1.87 bits per heavy atom. The number of nitrogens with zero attached hydrogens (tertiary/aromatic N) is 1. The maximum absolute atomic E-state index is 12.7. The van der Waals surface area contributed by atoms with Gasteiger partial charge in [-0.05, 0) is 37.8 Å². The molecule has 6 heteroatoms. The van der Waals surface area contributed by atoms with Gasteiger partial charge < -0.3 is 5.32 Å². The first-order valence-electron chi connectivity index (χ1n) is 8.18. The van der Waals surface area contributed by atoms with E-state index in [1.54, 1.807) is 30.3 Å². The molecule has 1 heterocycles. The summed E-state index contributed by atoms with van der Waals surface area (Å²) in [5.74, 6) is 0.0364. The van der Waals surface area contributed by atoms with Crippen LogP contribution >= 0.6 is 0 Å². The van der Waals surface area contributed by atoms with E-state index in [0.29, 0.717) is 18.9 Å². The molecule has 23 heavy (non-hydrogen) atoms. The normalized spacial score (nSPS) is 21.1. The predicted molar refractivity (Wildman–Crippen MR) is 90.4 cm³/mol. The van der Waals surface area contributed by atoms with Crippen LogP contribution in [-0.2, 0) is 14.8 Å². The lowest BCUT2D eigenvalue weighted by molar-refractivity contribution is -0.127. The summed E-state index contributed by atoms with van der Waals surface area (Å²) in [6.07, 6.45) is 1.44. The van der Waals surface area contributed by atoms with Gasteiger partial charge in [-0.3, -0.25) is 4.79 Å². The van der Waals surface area contributed by atoms with Crippen molar-refractivity contribution in [1.29, 1.82) is 0 Å². The summed E-state index contributed by atoms with van der Waals surface area (Å²) in [6.45, 7) is 6.81. The standard InChI is InChI=1S/C17H26N2O3S/c1-13(2)14(3)18-17(20)15-8-7-11-19(12-15)23(21,22)16-9-5-4-6-10-16/h4-6,9-10,13-15H,7-8,11-12H2,1-3H3,(H,18,20)/t14-,15+/m1/s1. The Morgan fingerprint density at radius 1 is 1.22 bits per heavy atom. The molecule has 0 unspecified atom stereocenters. The number of hydrogen-bond donors (Lipinski definition) is 1. The van der Waals surface area contributed by atoms with Crippen LogP contribution in [0.4, 0.5) is 0 Å². The van der Waals surface area contributed by atoms with Crippen molar-refractivity contribution in [2.45, 2.75) is 44.6 Å². The zero-order valence-corrected chi connectivity index (χ0v) is 14.8. The number of carbonyl (C=O) groups is 1. The van der Waals surface area contributed by atoms with Gasteiger partial charge >= 0.3 is 0 Å². The molecule has 0 bridgehead atoms. The highest BCUT2D eigenvalue weighted by atomic mass is 32.2. The predicted octanol–water partition coefficient (Wildman–Crippen LogP) is 2.25. The number of sulfonamides is 1. The van der Waals surface area contributed by atoms with Gasteiger partial charge in [0.25, 0.3) is 0 Å². The number of carbonyl (C=O) groups excluding carboxylic acids is 1. The zero-order valence-electron chi connectivity index (χ0n) is 14.0. The topological polar surface area (TPSA) is 66.5 Å². The Labute approximate surface area is 139 Å². The van der Waals surface area contributed by atoms with Crippen LogP contribution in [-0.4, -0.2) is 37.8 Å². The van der Waals surface area contributed by atoms with Crippen LogP contribution in [0.15, 0.2) is 35.2 Å². The van der Waals surface area contributed by atoms with Gasteiger partial charge in [0.2, 0.25) is 15.9 Å². The van der Waals surface area contributed by atoms with Gasteiger partial charge in [0.05, 0.1) is 10.8 Å². The van der Waals surface area contributed by atoms with Gasteiger partial charge in [0, 0.05) is 19.1 Å². The molecule has 1 saturated heterocycles. The Bertz CT molecular complexity index is 628. The summed E-state index contributed by atoms with van der Waals surface area (Å²) >= 11 is 0. The van der Waals surface area contributed by atoms with Gasteiger partial charge in [-0.25, -0.2) is 8.42 Å². The lowest BCUT2D eigenvalue weighted by Gasteiger charge is -2.32. The van der Waals surface area contributed by atoms with Crippen molar-refractivity contribution < 1.29 is 13.2 Å². The third kappa shape index (κ3) is 4.32. The number of amides is 1. The van der Waals surface area contributed by atoms with E-state index in [0.717, 1.165) is 6.42 Å². The molecule has 1 amide bonds. The molecule has 0 aromatic heterocycles. The highest BCUT2D eigenvalue weighted by Crippen LogP contribution is 2.24. The van der Waals surface area contributed by atoms with Crippen LogP contribution in [0.5, 0.6) is 0 Å². The monoisotopic (exact) mass is 338 g/mol. The van der Waals surface area contributed by atoms with Crippen molar-refractivity contribution in [1.82, 2.24) is 9.62 Å². The molecule has 0 radical (unpaired) electrons. The molecule has 2 atom stereocenters. The second kappa shape index (κ2) is 7.45. The van der Waals surface area contributed by atoms with Crippen LogP contribution in [0.2, 0.25) is 0 Å². The SMILES string of the molecule is CC(C)[C@@H](C)NC(=O)[C@H]1CCCN(S(=O)(=O)c2ccccc2)C1. The molecule has 1 N–H and O–H groups in total. The van der Waals surface area contributed by atoms with Gasteiger partial charge in [-0.1, -0.05) is 32.0 Å². The summed E-state index contributed by atoms with van der Waals surface area (Å²) in [7, 11) is -3.52. The molecule has 0 spiro atoms. The fourth-order valence-corrected chi connectivity index (χ4v) is 4.17. The Kier molecular flexibility index (Phi) is 5.81. The van der Waals surface area contributed by atoms with Crippen molar-refractivity contribution in [3.63, 3.8) is 0 Å². The van der Waals surface area contributed by atoms with Crippen molar-refractivity contribution in [3.05, 3.63) is 30.3 Å². The fraction of sp³-hybridized carbons (Fsp3) is 0.588. The molecule has 1 aromatic rings. The van der Waals surface area contributed by atoms with E-state index in [2.05, 4.69) is 19.2 Å². The first-order chi connectivity index (χ1) is 10.8. The van der Waals surface area contributed by atoms with Crippen LogP contribution < -0.4 is 5.32 Å². The summed E-state index contributed by atoms with van der Waals surface area (Å²) in [5.41, 5.74) is 0. The highest BCUT2D eigenvalue weighted by Gasteiger charge is 2.33. The van der Waals surface area contributed by atoms with Gasteiger partial charge in [0.15, 0.2) is 0 Å². The summed E-state index contributed by atoms with van der Waals surface area (Å²) < 4.78 is 26.8. The molecule has 1 aliphatic rings. The minimum absolute atomic E-state index is 0.0424. The summed E-state index contributed by atoms with van der Waals surface area (Å²) in [4.78, 5) is 12.7. The second-order valence-electron chi connectivity index (χ2n) is 6.56. The van der Waals surface area contributed by atoms with E-state index >= 15 is 0 Å². The molecule has 1 fully saturated rings. The van der Waals surface area contributed by atoms with Crippen LogP contribution in [0.1, 0.15) is 33.6 Å². The lowest BCUT2D eigenvalue weighted by atomic mass is 9.97. The fourth-order valence-electron chi connectivity index (χ4n) is 2.63. The number of rotatable bonds is 5. The number of nitrogens with one attached hydrogen (secondary N) is 1. The second-order valence-corrected chi connectivity index (χ2v) is 8.49. The molecule has 128 valence electrons. The summed E-state index contributed by atoms with van der Waals surface area (Å²) in [6, 6.07) is 8.50. The van der Waals surface area contributed by atoms with Crippen LogP contribution in [0, 0.1) is 11.8 Å². The van der Waals surface area contributed by atoms with E-state index in [9.17, 15) is 13.2 Å². The van der Waals surface area contributed by atoms with Crippen molar-refractivity contribution in [2.24, 2.45) is 11.8 Å².